The molecule has 2 nitrogen and oxygen atoms in total. The Hall–Kier alpha value is -0.790. The maximum absolute atomic E-state index is 10.3. The molecular weight excluding hydrogens is 248 g/mol. The number of aliphatic carboxylic acids is 1. The molecule has 0 aliphatic heterocycles. The molecule has 0 bridgehead atoms. The van der Waals surface area contributed by atoms with Crippen LogP contribution in [0, 0.1) is 5.92 Å². The van der Waals surface area contributed by atoms with E-state index in [0.29, 0.717) is 6.42 Å². The van der Waals surface area contributed by atoms with E-state index < -0.39 is 5.97 Å². The van der Waals surface area contributed by atoms with Gasteiger partial charge in [-0.15, -0.1) is 0 Å². The molecule has 0 aromatic heterocycles. The van der Waals surface area contributed by atoms with Crippen molar-refractivity contribution in [3.05, 3.63) is 12.2 Å². The van der Waals surface area contributed by atoms with Crippen molar-refractivity contribution in [2.24, 2.45) is 5.92 Å². The van der Waals surface area contributed by atoms with E-state index in [1.807, 2.05) is 0 Å². The van der Waals surface area contributed by atoms with E-state index >= 15 is 0 Å². The Balaban J connectivity index is 3.29. The van der Waals surface area contributed by atoms with Gasteiger partial charge in [-0.2, -0.15) is 0 Å². The Morgan fingerprint density at radius 2 is 1.70 bits per heavy atom. The lowest BCUT2D eigenvalue weighted by atomic mass is 9.99. The summed E-state index contributed by atoms with van der Waals surface area (Å²) in [5.41, 5.74) is 0. The first-order chi connectivity index (χ1) is 9.66. The number of rotatable bonds is 14. The summed E-state index contributed by atoms with van der Waals surface area (Å²) in [6.45, 7) is 4.60. The van der Waals surface area contributed by atoms with E-state index in [1.54, 1.807) is 0 Å². The van der Waals surface area contributed by atoms with Gasteiger partial charge in [-0.3, -0.25) is 4.79 Å². The first-order valence-electron chi connectivity index (χ1n) is 8.53. The molecule has 0 aliphatic rings. The summed E-state index contributed by atoms with van der Waals surface area (Å²) in [7, 11) is 0. The summed E-state index contributed by atoms with van der Waals surface area (Å²) in [4.78, 5) is 10.3. The number of carbonyl (C=O) groups is 1. The van der Waals surface area contributed by atoms with Gasteiger partial charge in [0.05, 0.1) is 0 Å². The average molecular weight is 282 g/mol. The lowest BCUT2D eigenvalue weighted by molar-refractivity contribution is -0.137. The van der Waals surface area contributed by atoms with E-state index in [0.717, 1.165) is 31.6 Å². The minimum atomic E-state index is -0.673. The lowest BCUT2D eigenvalue weighted by Gasteiger charge is -2.08. The van der Waals surface area contributed by atoms with Crippen molar-refractivity contribution in [3.63, 3.8) is 0 Å². The van der Waals surface area contributed by atoms with Gasteiger partial charge >= 0.3 is 5.97 Å². The molecule has 1 unspecified atom stereocenters. The number of hydrogen-bond acceptors (Lipinski definition) is 1. The topological polar surface area (TPSA) is 37.3 Å². The molecule has 0 aromatic rings. The van der Waals surface area contributed by atoms with Gasteiger partial charge in [0.15, 0.2) is 0 Å². The zero-order chi connectivity index (χ0) is 15.1. The molecule has 0 spiro atoms. The van der Waals surface area contributed by atoms with Gasteiger partial charge in [-0.1, -0.05) is 70.9 Å². The Morgan fingerprint density at radius 3 is 2.40 bits per heavy atom. The van der Waals surface area contributed by atoms with Gasteiger partial charge in [-0.05, 0) is 31.6 Å². The first kappa shape index (κ1) is 19.2. The van der Waals surface area contributed by atoms with Crippen molar-refractivity contribution in [1.82, 2.24) is 0 Å². The molecule has 0 saturated carbocycles. The Labute approximate surface area is 125 Å². The SMILES string of the molecule is CCCCCCCC(C)C/C=C\CCCCCC(=O)O. The second kappa shape index (κ2) is 14.6. The fourth-order valence-corrected chi connectivity index (χ4v) is 2.38. The highest BCUT2D eigenvalue weighted by Crippen LogP contribution is 2.15. The second-order valence-electron chi connectivity index (χ2n) is 6.01. The minimum Gasteiger partial charge on any atom is -0.481 e. The van der Waals surface area contributed by atoms with Gasteiger partial charge in [-0.25, -0.2) is 0 Å². The van der Waals surface area contributed by atoms with Crippen LogP contribution >= 0.6 is 0 Å². The van der Waals surface area contributed by atoms with E-state index in [-0.39, 0.29) is 0 Å². The highest BCUT2D eigenvalue weighted by molar-refractivity contribution is 5.66. The molecule has 0 fully saturated rings. The fraction of sp³-hybridized carbons (Fsp3) is 0.833. The Bertz CT molecular complexity index is 246. The maximum Gasteiger partial charge on any atom is 0.303 e. The molecule has 2 heteroatoms. The van der Waals surface area contributed by atoms with E-state index in [4.69, 9.17) is 5.11 Å². The van der Waals surface area contributed by atoms with Crippen LogP contribution < -0.4 is 0 Å². The van der Waals surface area contributed by atoms with Crippen molar-refractivity contribution in [3.8, 4) is 0 Å². The van der Waals surface area contributed by atoms with Crippen molar-refractivity contribution in [2.75, 3.05) is 0 Å². The van der Waals surface area contributed by atoms with Crippen LogP contribution in [0.15, 0.2) is 12.2 Å². The van der Waals surface area contributed by atoms with E-state index in [9.17, 15) is 4.79 Å². The summed E-state index contributed by atoms with van der Waals surface area (Å²) in [5.74, 6) is 0.133. The third-order valence-corrected chi connectivity index (χ3v) is 3.77. The van der Waals surface area contributed by atoms with Crippen LogP contribution in [-0.2, 0) is 4.79 Å². The number of allylic oxidation sites excluding steroid dienone is 2. The maximum atomic E-state index is 10.3. The highest BCUT2D eigenvalue weighted by Gasteiger charge is 1.99. The van der Waals surface area contributed by atoms with Crippen LogP contribution in [0.4, 0.5) is 0 Å². The van der Waals surface area contributed by atoms with Crippen LogP contribution in [0.3, 0.4) is 0 Å². The standard InChI is InChI=1S/C18H34O2/c1-3-4-5-8-11-14-17(2)15-12-9-6-7-10-13-16-18(19)20/h9,12,17H,3-8,10-11,13-16H2,1-2H3,(H,19,20)/b12-9-. The normalized spacial score (nSPS) is 12.9. The second-order valence-corrected chi connectivity index (χ2v) is 6.01. The van der Waals surface area contributed by atoms with Crippen molar-refractivity contribution in [1.29, 1.82) is 0 Å². The van der Waals surface area contributed by atoms with Crippen molar-refractivity contribution < 1.29 is 9.90 Å². The molecule has 20 heavy (non-hydrogen) atoms. The van der Waals surface area contributed by atoms with Gasteiger partial charge in [0.25, 0.3) is 0 Å². The monoisotopic (exact) mass is 282 g/mol. The summed E-state index contributed by atoms with van der Waals surface area (Å²) >= 11 is 0. The number of carboxylic acids is 1. The number of unbranched alkanes of at least 4 members (excludes halogenated alkanes) is 7. The van der Waals surface area contributed by atoms with Crippen molar-refractivity contribution in [2.45, 2.75) is 90.9 Å². The number of hydrogen-bond donors (Lipinski definition) is 1. The molecular formula is C18H34O2. The van der Waals surface area contributed by atoms with Crippen LogP contribution in [0.1, 0.15) is 90.9 Å². The minimum absolute atomic E-state index is 0.318. The number of carboxylic acid groups (broad SMARTS) is 1. The summed E-state index contributed by atoms with van der Waals surface area (Å²) in [6, 6.07) is 0. The molecule has 0 amide bonds. The average Bonchev–Trinajstić information content (AvgIpc) is 2.41. The smallest absolute Gasteiger partial charge is 0.303 e. The highest BCUT2D eigenvalue weighted by atomic mass is 16.4. The quantitative estimate of drug-likeness (QED) is 0.315. The predicted octanol–water partition coefficient (Wildman–Crippen LogP) is 5.96. The molecule has 0 aromatic carbocycles. The molecule has 0 aliphatic carbocycles. The molecule has 0 rings (SSSR count). The van der Waals surface area contributed by atoms with Gasteiger partial charge in [0, 0.05) is 6.42 Å². The molecule has 118 valence electrons. The third kappa shape index (κ3) is 15.3. The largest absolute Gasteiger partial charge is 0.481 e. The van der Waals surface area contributed by atoms with Gasteiger partial charge in [0.2, 0.25) is 0 Å². The van der Waals surface area contributed by atoms with Crippen molar-refractivity contribution >= 4 is 5.97 Å². The van der Waals surface area contributed by atoms with Crippen LogP contribution in [-0.4, -0.2) is 11.1 Å². The Morgan fingerprint density at radius 1 is 1.00 bits per heavy atom. The lowest BCUT2D eigenvalue weighted by Crippen LogP contribution is -1.93. The van der Waals surface area contributed by atoms with Gasteiger partial charge in [0.1, 0.15) is 0 Å². The predicted molar refractivity (Wildman–Crippen MR) is 87.0 cm³/mol. The first-order valence-corrected chi connectivity index (χ1v) is 8.53. The molecule has 0 saturated heterocycles. The summed E-state index contributed by atoms with van der Waals surface area (Å²) < 4.78 is 0. The van der Waals surface area contributed by atoms with E-state index in [2.05, 4.69) is 26.0 Å². The molecule has 1 atom stereocenters. The zero-order valence-electron chi connectivity index (χ0n) is 13.6. The fourth-order valence-electron chi connectivity index (χ4n) is 2.38. The summed E-state index contributed by atoms with van der Waals surface area (Å²) in [6.07, 6.45) is 18.4. The molecule has 0 heterocycles. The molecule has 0 radical (unpaired) electrons. The Kier molecular flexibility index (Phi) is 14.0. The summed E-state index contributed by atoms with van der Waals surface area (Å²) in [5, 5.41) is 8.52. The van der Waals surface area contributed by atoms with E-state index in [1.165, 1.54) is 44.9 Å². The van der Waals surface area contributed by atoms with Gasteiger partial charge < -0.3 is 5.11 Å². The van der Waals surface area contributed by atoms with Crippen LogP contribution in [0.25, 0.3) is 0 Å². The zero-order valence-corrected chi connectivity index (χ0v) is 13.6. The van der Waals surface area contributed by atoms with Crippen LogP contribution in [0.2, 0.25) is 0 Å². The van der Waals surface area contributed by atoms with Crippen LogP contribution in [0.5, 0.6) is 0 Å². The third-order valence-electron chi connectivity index (χ3n) is 3.77. The molecule has 1 N–H and O–H groups in total.